The molecule has 0 spiro atoms. The Morgan fingerprint density at radius 3 is 2.55 bits per heavy atom. The van der Waals surface area contributed by atoms with Crippen molar-refractivity contribution in [3.05, 3.63) is 36.5 Å². The predicted octanol–water partition coefficient (Wildman–Crippen LogP) is 3.59. The number of hydrogen-bond acceptors (Lipinski definition) is 2. The molecule has 0 aromatic heterocycles. The van der Waals surface area contributed by atoms with Crippen LogP contribution >= 0.6 is 0 Å². The number of unbranched alkanes of at least 4 members (excludes halogenated alkanes) is 2. The van der Waals surface area contributed by atoms with E-state index in [0.29, 0.717) is 0 Å². The van der Waals surface area contributed by atoms with Crippen LogP contribution < -0.4 is 0 Å². The second kappa shape index (κ2) is 8.40. The van der Waals surface area contributed by atoms with Gasteiger partial charge in [-0.1, -0.05) is 50.1 Å². The van der Waals surface area contributed by atoms with Crippen molar-refractivity contribution in [2.24, 2.45) is 0 Å². The van der Waals surface area contributed by atoms with Crippen LogP contribution in [0.25, 0.3) is 0 Å². The Hall–Kier alpha value is -0.900. The molecule has 0 aromatic carbocycles. The summed E-state index contributed by atoms with van der Waals surface area (Å²) in [6, 6.07) is -0.0848. The summed E-state index contributed by atoms with van der Waals surface area (Å²) in [4.78, 5) is 0. The Kier molecular flexibility index (Phi) is 7.20. The van der Waals surface area contributed by atoms with Crippen molar-refractivity contribution in [1.82, 2.24) is 0 Å². The van der Waals surface area contributed by atoms with Gasteiger partial charge in [0.05, 0.1) is 7.05 Å². The summed E-state index contributed by atoms with van der Waals surface area (Å²) >= 11 is 0. The highest BCUT2D eigenvalue weighted by Crippen LogP contribution is 2.28. The number of hydroxylamine groups is 3. The molecule has 1 aliphatic rings. The number of quaternary nitrogens is 1. The molecule has 0 aliphatic carbocycles. The molecule has 3 heteroatoms. The van der Waals surface area contributed by atoms with Crippen LogP contribution in [-0.4, -0.2) is 40.2 Å². The summed E-state index contributed by atoms with van der Waals surface area (Å²) in [6.07, 6.45) is 17.1. The molecule has 0 bridgehead atoms. The molecule has 0 amide bonds. The van der Waals surface area contributed by atoms with Crippen molar-refractivity contribution < 1.29 is 15.0 Å². The zero-order valence-corrected chi connectivity index (χ0v) is 13.1. The molecule has 1 unspecified atom stereocenters. The molecule has 20 heavy (non-hydrogen) atoms. The van der Waals surface area contributed by atoms with Crippen molar-refractivity contribution in [3.8, 4) is 0 Å². The van der Waals surface area contributed by atoms with E-state index in [-0.39, 0.29) is 16.7 Å². The van der Waals surface area contributed by atoms with E-state index in [1.807, 2.05) is 31.2 Å². The van der Waals surface area contributed by atoms with E-state index in [1.165, 1.54) is 12.8 Å². The molecular weight excluding hydrogens is 250 g/mol. The van der Waals surface area contributed by atoms with Crippen molar-refractivity contribution in [1.29, 1.82) is 0 Å². The molecule has 1 fully saturated rings. The molecule has 1 aliphatic heterocycles. The van der Waals surface area contributed by atoms with Gasteiger partial charge in [0, 0.05) is 6.42 Å². The third-order valence-corrected chi connectivity index (χ3v) is 4.34. The van der Waals surface area contributed by atoms with E-state index in [1.54, 1.807) is 7.05 Å². The molecule has 1 saturated heterocycles. The second-order valence-electron chi connectivity index (χ2n) is 5.89. The van der Waals surface area contributed by atoms with E-state index in [0.717, 1.165) is 19.3 Å². The predicted molar refractivity (Wildman–Crippen MR) is 83.4 cm³/mol. The third kappa shape index (κ3) is 4.89. The SMILES string of the molecule is CCCC/C=C/C=C/C=C/[C@@H]1CC[C@@H](O)[C@H](C)[N+]1(C)O. The number of allylic oxidation sites excluding steroid dienone is 5. The lowest BCUT2D eigenvalue weighted by Gasteiger charge is -2.43. The lowest BCUT2D eigenvalue weighted by atomic mass is 9.93. The third-order valence-electron chi connectivity index (χ3n) is 4.34. The molecule has 3 nitrogen and oxygen atoms in total. The molecule has 1 heterocycles. The van der Waals surface area contributed by atoms with Crippen LogP contribution in [0.3, 0.4) is 0 Å². The number of aliphatic hydroxyl groups excluding tert-OH is 1. The Labute approximate surface area is 123 Å². The van der Waals surface area contributed by atoms with E-state index < -0.39 is 6.10 Å². The zero-order valence-electron chi connectivity index (χ0n) is 13.1. The maximum Gasteiger partial charge on any atom is 0.142 e. The number of likely N-dealkylation sites (tertiary alicyclic amines) is 1. The Bertz CT molecular complexity index is 358. The van der Waals surface area contributed by atoms with E-state index in [4.69, 9.17) is 0 Å². The van der Waals surface area contributed by atoms with E-state index in [9.17, 15) is 10.3 Å². The van der Waals surface area contributed by atoms with Gasteiger partial charge >= 0.3 is 0 Å². The van der Waals surface area contributed by atoms with Crippen LogP contribution in [0.2, 0.25) is 0 Å². The Morgan fingerprint density at radius 2 is 1.85 bits per heavy atom. The highest BCUT2D eigenvalue weighted by atomic mass is 16.6. The fourth-order valence-corrected chi connectivity index (χ4v) is 2.58. The number of likely N-dealkylation sites (N-methyl/N-ethyl adjacent to an activating group) is 1. The standard InChI is InChI=1S/C17H30NO2/c1-4-5-6-7-8-9-10-11-12-16-13-14-17(19)15(2)18(16,3)20/h7-12,15-17,19-20H,4-6,13-14H2,1-3H3/q+1/b8-7+,10-9+,12-11+/t15-,16+,17+,18?/m0/s1. The van der Waals surface area contributed by atoms with Gasteiger partial charge in [0.15, 0.2) is 0 Å². The molecule has 0 aromatic rings. The zero-order chi connectivity index (χ0) is 15.0. The van der Waals surface area contributed by atoms with Gasteiger partial charge < -0.3 is 5.11 Å². The minimum absolute atomic E-state index is 0.0575. The van der Waals surface area contributed by atoms with Gasteiger partial charge in [0.2, 0.25) is 0 Å². The van der Waals surface area contributed by atoms with Crippen LogP contribution in [0.4, 0.5) is 0 Å². The van der Waals surface area contributed by atoms with Gasteiger partial charge in [-0.05, 0) is 25.8 Å². The Morgan fingerprint density at radius 1 is 1.15 bits per heavy atom. The van der Waals surface area contributed by atoms with Gasteiger partial charge in [-0.3, -0.25) is 0 Å². The first kappa shape index (κ1) is 17.2. The number of aliphatic hydroxyl groups is 1. The summed E-state index contributed by atoms with van der Waals surface area (Å²) in [5, 5.41) is 20.3. The van der Waals surface area contributed by atoms with Crippen molar-refractivity contribution >= 4 is 0 Å². The van der Waals surface area contributed by atoms with Gasteiger partial charge in [-0.2, -0.15) is 4.65 Å². The molecular formula is C17H30NO2+. The lowest BCUT2D eigenvalue weighted by molar-refractivity contribution is -1.12. The summed E-state index contributed by atoms with van der Waals surface area (Å²) in [6.45, 7) is 4.09. The van der Waals surface area contributed by atoms with E-state index >= 15 is 0 Å². The second-order valence-corrected chi connectivity index (χ2v) is 5.89. The quantitative estimate of drug-likeness (QED) is 0.443. The van der Waals surface area contributed by atoms with Crippen molar-refractivity contribution in [2.45, 2.75) is 64.1 Å². The van der Waals surface area contributed by atoms with Gasteiger partial charge in [-0.15, -0.1) is 0 Å². The summed E-state index contributed by atoms with van der Waals surface area (Å²) in [5.41, 5.74) is 0. The van der Waals surface area contributed by atoms with Crippen LogP contribution in [-0.2, 0) is 0 Å². The molecule has 114 valence electrons. The maximum atomic E-state index is 10.5. The van der Waals surface area contributed by atoms with Gasteiger partial charge in [0.1, 0.15) is 18.2 Å². The molecule has 2 N–H and O–H groups in total. The van der Waals surface area contributed by atoms with Crippen LogP contribution in [0.1, 0.15) is 46.0 Å². The molecule has 1 rings (SSSR count). The maximum absolute atomic E-state index is 10.5. The Balaban J connectivity index is 2.45. The molecule has 4 atom stereocenters. The number of nitrogens with zero attached hydrogens (tertiary/aromatic N) is 1. The minimum Gasteiger partial charge on any atom is -0.387 e. The fourth-order valence-electron chi connectivity index (χ4n) is 2.58. The monoisotopic (exact) mass is 280 g/mol. The fraction of sp³-hybridized carbons (Fsp3) is 0.647. The number of hydrogen-bond donors (Lipinski definition) is 2. The summed E-state index contributed by atoms with van der Waals surface area (Å²) in [5.74, 6) is 0. The average molecular weight is 280 g/mol. The van der Waals surface area contributed by atoms with E-state index in [2.05, 4.69) is 19.1 Å². The first-order valence-corrected chi connectivity index (χ1v) is 7.76. The normalized spacial score (nSPS) is 35.5. The summed E-state index contributed by atoms with van der Waals surface area (Å²) in [7, 11) is 1.77. The highest BCUT2D eigenvalue weighted by Gasteiger charge is 2.44. The van der Waals surface area contributed by atoms with Crippen molar-refractivity contribution in [2.75, 3.05) is 7.05 Å². The molecule has 0 radical (unpaired) electrons. The van der Waals surface area contributed by atoms with Crippen molar-refractivity contribution in [3.63, 3.8) is 0 Å². The van der Waals surface area contributed by atoms with Crippen LogP contribution in [0.5, 0.6) is 0 Å². The lowest BCUT2D eigenvalue weighted by Crippen LogP contribution is -2.61. The topological polar surface area (TPSA) is 40.5 Å². The average Bonchev–Trinajstić information content (AvgIpc) is 2.42. The largest absolute Gasteiger partial charge is 0.387 e. The smallest absolute Gasteiger partial charge is 0.142 e. The van der Waals surface area contributed by atoms with Crippen LogP contribution in [0.15, 0.2) is 36.5 Å². The number of rotatable bonds is 6. The number of piperidine rings is 1. The minimum atomic E-state index is -0.410. The summed E-state index contributed by atoms with van der Waals surface area (Å²) < 4.78 is -0.127. The highest BCUT2D eigenvalue weighted by molar-refractivity contribution is 5.12. The molecule has 0 saturated carbocycles. The van der Waals surface area contributed by atoms with Gasteiger partial charge in [-0.25, -0.2) is 5.21 Å². The van der Waals surface area contributed by atoms with Gasteiger partial charge in [0.25, 0.3) is 0 Å². The first-order valence-electron chi connectivity index (χ1n) is 7.76. The first-order chi connectivity index (χ1) is 9.50. The van der Waals surface area contributed by atoms with Crippen LogP contribution in [0, 0.1) is 0 Å².